The van der Waals surface area contributed by atoms with E-state index in [0.29, 0.717) is 0 Å². The van der Waals surface area contributed by atoms with Gasteiger partial charge in [0.2, 0.25) is 10.0 Å². The van der Waals surface area contributed by atoms with Gasteiger partial charge in [-0.2, -0.15) is 0 Å². The van der Waals surface area contributed by atoms with Crippen LogP contribution in [0.5, 0.6) is 0 Å². The summed E-state index contributed by atoms with van der Waals surface area (Å²) in [5.74, 6) is 0.0903. The van der Waals surface area contributed by atoms with Gasteiger partial charge < -0.3 is 0 Å². The lowest BCUT2D eigenvalue weighted by molar-refractivity contribution is -0.387. The van der Waals surface area contributed by atoms with Crippen LogP contribution in [0.15, 0.2) is 53.4 Å². The first-order valence-electron chi connectivity index (χ1n) is 7.80. The number of rotatable bonds is 5. The molecule has 3 rings (SSSR count). The van der Waals surface area contributed by atoms with Crippen molar-refractivity contribution in [2.24, 2.45) is 0 Å². The number of para-hydroxylation sites is 1. The Labute approximate surface area is 140 Å². The minimum atomic E-state index is -3.93. The molecule has 6 nitrogen and oxygen atoms in total. The highest BCUT2D eigenvalue weighted by Gasteiger charge is 2.27. The molecule has 1 atom stereocenters. The Kier molecular flexibility index (Phi) is 4.64. The van der Waals surface area contributed by atoms with E-state index >= 15 is 0 Å². The summed E-state index contributed by atoms with van der Waals surface area (Å²) >= 11 is 0. The maximum atomic E-state index is 12.5. The Bertz CT molecular complexity index is 864. The van der Waals surface area contributed by atoms with E-state index in [-0.39, 0.29) is 17.4 Å². The van der Waals surface area contributed by atoms with E-state index in [0.717, 1.165) is 24.8 Å². The lowest BCUT2D eigenvalue weighted by atomic mass is 9.83. The molecular weight excluding hydrogens is 328 g/mol. The SMILES string of the molecule is O=[N+]([O-])c1ccccc1S(=O)(=O)NCC1CCCc2ccccc21. The van der Waals surface area contributed by atoms with Crippen LogP contribution >= 0.6 is 0 Å². The van der Waals surface area contributed by atoms with Crippen molar-refractivity contribution >= 4 is 15.7 Å². The molecule has 7 heteroatoms. The summed E-state index contributed by atoms with van der Waals surface area (Å²) in [5, 5.41) is 11.1. The molecule has 1 unspecified atom stereocenters. The molecule has 0 saturated heterocycles. The third kappa shape index (κ3) is 3.32. The van der Waals surface area contributed by atoms with Gasteiger partial charge in [0.25, 0.3) is 5.69 Å². The Hall–Kier alpha value is -2.25. The van der Waals surface area contributed by atoms with Gasteiger partial charge >= 0.3 is 0 Å². The molecule has 0 fully saturated rings. The number of sulfonamides is 1. The Morgan fingerprint density at radius 1 is 1.12 bits per heavy atom. The van der Waals surface area contributed by atoms with Crippen LogP contribution in [0.1, 0.15) is 29.9 Å². The van der Waals surface area contributed by atoms with E-state index in [2.05, 4.69) is 10.8 Å². The van der Waals surface area contributed by atoms with Crippen LogP contribution in [0.3, 0.4) is 0 Å². The number of nitrogens with zero attached hydrogens (tertiary/aromatic N) is 1. The topological polar surface area (TPSA) is 89.3 Å². The van der Waals surface area contributed by atoms with Crippen molar-refractivity contribution in [3.63, 3.8) is 0 Å². The number of fused-ring (bicyclic) bond motifs is 1. The van der Waals surface area contributed by atoms with Crippen molar-refractivity contribution < 1.29 is 13.3 Å². The highest BCUT2D eigenvalue weighted by molar-refractivity contribution is 7.89. The zero-order valence-corrected chi connectivity index (χ0v) is 13.8. The summed E-state index contributed by atoms with van der Waals surface area (Å²) in [6.45, 7) is 0.241. The number of benzene rings is 2. The van der Waals surface area contributed by atoms with Gasteiger partial charge in [0.15, 0.2) is 4.90 Å². The second-order valence-electron chi connectivity index (χ2n) is 5.86. The number of hydrogen-bond acceptors (Lipinski definition) is 4. The molecule has 0 spiro atoms. The zero-order valence-electron chi connectivity index (χ0n) is 13.0. The second kappa shape index (κ2) is 6.70. The van der Waals surface area contributed by atoms with Crippen LogP contribution in [0.4, 0.5) is 5.69 Å². The molecule has 24 heavy (non-hydrogen) atoms. The van der Waals surface area contributed by atoms with Gasteiger partial charge in [0.05, 0.1) is 4.92 Å². The third-order valence-corrected chi connectivity index (χ3v) is 5.84. The lowest BCUT2D eigenvalue weighted by Gasteiger charge is -2.25. The van der Waals surface area contributed by atoms with Gasteiger partial charge in [-0.3, -0.25) is 10.1 Å². The molecule has 0 radical (unpaired) electrons. The second-order valence-corrected chi connectivity index (χ2v) is 7.60. The molecule has 0 amide bonds. The summed E-state index contributed by atoms with van der Waals surface area (Å²) in [7, 11) is -3.93. The maximum Gasteiger partial charge on any atom is 0.289 e. The number of nitro groups is 1. The van der Waals surface area contributed by atoms with Crippen molar-refractivity contribution in [3.05, 3.63) is 69.8 Å². The molecule has 0 bridgehead atoms. The molecule has 1 aliphatic carbocycles. The van der Waals surface area contributed by atoms with Crippen LogP contribution in [-0.2, 0) is 16.4 Å². The van der Waals surface area contributed by atoms with E-state index in [4.69, 9.17) is 0 Å². The van der Waals surface area contributed by atoms with E-state index in [9.17, 15) is 18.5 Å². The molecule has 0 saturated carbocycles. The average molecular weight is 346 g/mol. The summed E-state index contributed by atoms with van der Waals surface area (Å²) < 4.78 is 27.5. The van der Waals surface area contributed by atoms with E-state index < -0.39 is 20.6 Å². The first-order chi connectivity index (χ1) is 11.5. The zero-order chi connectivity index (χ0) is 17.2. The third-order valence-electron chi connectivity index (χ3n) is 4.36. The van der Waals surface area contributed by atoms with Crippen LogP contribution < -0.4 is 4.72 Å². The summed E-state index contributed by atoms with van der Waals surface area (Å²) in [4.78, 5) is 10.1. The number of nitrogens with one attached hydrogen (secondary N) is 1. The predicted molar refractivity (Wildman–Crippen MR) is 90.4 cm³/mol. The smallest absolute Gasteiger partial charge is 0.258 e. The number of aryl methyl sites for hydroxylation is 1. The molecule has 0 aromatic heterocycles. The minimum Gasteiger partial charge on any atom is -0.258 e. The van der Waals surface area contributed by atoms with Crippen LogP contribution in [0, 0.1) is 10.1 Å². The highest BCUT2D eigenvalue weighted by atomic mass is 32.2. The van der Waals surface area contributed by atoms with Crippen molar-refractivity contribution in [2.45, 2.75) is 30.1 Å². The molecular formula is C17H18N2O4S. The fourth-order valence-corrected chi connectivity index (χ4v) is 4.44. The van der Waals surface area contributed by atoms with Crippen LogP contribution in [-0.4, -0.2) is 19.9 Å². The number of hydrogen-bond donors (Lipinski definition) is 1. The van der Waals surface area contributed by atoms with Gasteiger partial charge in [-0.1, -0.05) is 36.4 Å². The maximum absolute atomic E-state index is 12.5. The predicted octanol–water partition coefficient (Wildman–Crippen LogP) is 2.99. The number of nitro benzene ring substituents is 1. The molecule has 2 aromatic rings. The molecule has 0 aliphatic heterocycles. The molecule has 126 valence electrons. The van der Waals surface area contributed by atoms with E-state index in [1.54, 1.807) is 0 Å². The van der Waals surface area contributed by atoms with E-state index in [1.165, 1.54) is 29.8 Å². The van der Waals surface area contributed by atoms with Gasteiger partial charge in [0.1, 0.15) is 0 Å². The average Bonchev–Trinajstić information content (AvgIpc) is 2.60. The molecule has 2 aromatic carbocycles. The highest BCUT2D eigenvalue weighted by Crippen LogP contribution is 2.31. The van der Waals surface area contributed by atoms with Gasteiger partial charge in [-0.25, -0.2) is 13.1 Å². The Morgan fingerprint density at radius 2 is 1.83 bits per heavy atom. The van der Waals surface area contributed by atoms with Gasteiger partial charge in [-0.15, -0.1) is 0 Å². The summed E-state index contributed by atoms with van der Waals surface area (Å²) in [5.41, 5.74) is 2.00. The van der Waals surface area contributed by atoms with Crippen molar-refractivity contribution in [1.82, 2.24) is 4.72 Å². The summed E-state index contributed by atoms with van der Waals surface area (Å²) in [6.07, 6.45) is 2.91. The first kappa shape index (κ1) is 16.6. The first-order valence-corrected chi connectivity index (χ1v) is 9.28. The summed E-state index contributed by atoms with van der Waals surface area (Å²) in [6, 6.07) is 13.4. The quantitative estimate of drug-likeness (QED) is 0.666. The fraction of sp³-hybridized carbons (Fsp3) is 0.294. The van der Waals surface area contributed by atoms with Crippen molar-refractivity contribution in [3.8, 4) is 0 Å². The Balaban J connectivity index is 1.81. The van der Waals surface area contributed by atoms with Crippen molar-refractivity contribution in [2.75, 3.05) is 6.54 Å². The minimum absolute atomic E-state index is 0.0903. The van der Waals surface area contributed by atoms with Gasteiger partial charge in [-0.05, 0) is 42.4 Å². The van der Waals surface area contributed by atoms with Crippen LogP contribution in [0.2, 0.25) is 0 Å². The van der Waals surface area contributed by atoms with Crippen LogP contribution in [0.25, 0.3) is 0 Å². The molecule has 1 aliphatic rings. The van der Waals surface area contributed by atoms with Crippen molar-refractivity contribution in [1.29, 1.82) is 0 Å². The molecule has 1 N–H and O–H groups in total. The van der Waals surface area contributed by atoms with E-state index in [1.807, 2.05) is 18.2 Å². The fourth-order valence-electron chi connectivity index (χ4n) is 3.19. The lowest BCUT2D eigenvalue weighted by Crippen LogP contribution is -2.30. The largest absolute Gasteiger partial charge is 0.289 e. The Morgan fingerprint density at radius 3 is 2.62 bits per heavy atom. The molecule has 0 heterocycles. The van der Waals surface area contributed by atoms with Gasteiger partial charge in [0, 0.05) is 12.6 Å². The standard InChI is InChI=1S/C17H18N2O4S/c20-19(21)16-10-3-4-11-17(16)24(22,23)18-12-14-8-5-7-13-6-1-2-9-15(13)14/h1-4,6,9-11,14,18H,5,7-8,12H2. The monoisotopic (exact) mass is 346 g/mol. The normalized spacial score (nSPS) is 17.2.